The molecule has 1 spiro atoms. The van der Waals surface area contributed by atoms with Gasteiger partial charge >= 0.3 is 0 Å². The van der Waals surface area contributed by atoms with Crippen molar-refractivity contribution in [3.05, 3.63) is 18.2 Å². The minimum Gasteiger partial charge on any atom is -0.494 e. The second-order valence-electron chi connectivity index (χ2n) is 4.75. The molecule has 4 heteroatoms. The van der Waals surface area contributed by atoms with Gasteiger partial charge in [0.1, 0.15) is 17.0 Å². The number of hydrogen-bond acceptors (Lipinski definition) is 3. The van der Waals surface area contributed by atoms with Crippen LogP contribution in [-0.4, -0.2) is 18.6 Å². The maximum Gasteiger partial charge on any atom is 0.250 e. The summed E-state index contributed by atoms with van der Waals surface area (Å²) >= 11 is 0. The van der Waals surface area contributed by atoms with E-state index in [1.807, 2.05) is 18.2 Å². The molecule has 1 fully saturated rings. The third kappa shape index (κ3) is 1.47. The van der Waals surface area contributed by atoms with Gasteiger partial charge in [0.25, 0.3) is 0 Å². The van der Waals surface area contributed by atoms with Crippen molar-refractivity contribution < 1.29 is 9.53 Å². The SMILES string of the molecule is COc1cccc2c1NC(=O)C1(CCCC1)N2. The molecule has 0 aromatic heterocycles. The minimum atomic E-state index is -0.390. The van der Waals surface area contributed by atoms with E-state index in [2.05, 4.69) is 10.6 Å². The zero-order valence-electron chi connectivity index (χ0n) is 9.88. The van der Waals surface area contributed by atoms with Crippen LogP contribution in [0.5, 0.6) is 5.75 Å². The van der Waals surface area contributed by atoms with Crippen LogP contribution >= 0.6 is 0 Å². The van der Waals surface area contributed by atoms with Gasteiger partial charge in [0.15, 0.2) is 0 Å². The Balaban J connectivity index is 2.03. The van der Waals surface area contributed by atoms with Crippen molar-refractivity contribution in [3.63, 3.8) is 0 Å². The molecule has 1 aliphatic carbocycles. The number of carbonyl (C=O) groups excluding carboxylic acids is 1. The number of carbonyl (C=O) groups is 1. The zero-order chi connectivity index (χ0) is 11.9. The Labute approximate surface area is 100 Å². The standard InChI is InChI=1S/C13H16N2O2/c1-17-10-6-4-5-9-11(10)14-12(16)13(15-9)7-2-3-8-13/h4-6,15H,2-3,7-8H2,1H3,(H,14,16). The van der Waals surface area contributed by atoms with Crippen LogP contribution in [-0.2, 0) is 4.79 Å². The number of methoxy groups -OCH3 is 1. The summed E-state index contributed by atoms with van der Waals surface area (Å²) in [4.78, 5) is 12.2. The zero-order valence-corrected chi connectivity index (χ0v) is 9.88. The van der Waals surface area contributed by atoms with E-state index in [0.29, 0.717) is 5.75 Å². The highest BCUT2D eigenvalue weighted by atomic mass is 16.5. The second-order valence-corrected chi connectivity index (χ2v) is 4.75. The Morgan fingerprint density at radius 1 is 1.29 bits per heavy atom. The highest BCUT2D eigenvalue weighted by Gasteiger charge is 2.44. The normalized spacial score (nSPS) is 20.6. The molecule has 2 N–H and O–H groups in total. The summed E-state index contributed by atoms with van der Waals surface area (Å²) in [5, 5.41) is 6.39. The molecule has 4 nitrogen and oxygen atoms in total. The summed E-state index contributed by atoms with van der Waals surface area (Å²) in [6, 6.07) is 5.77. The molecule has 90 valence electrons. The lowest BCUT2D eigenvalue weighted by atomic mass is 9.93. The lowest BCUT2D eigenvalue weighted by Gasteiger charge is -2.36. The van der Waals surface area contributed by atoms with E-state index in [0.717, 1.165) is 37.1 Å². The molecule has 0 radical (unpaired) electrons. The molecule has 1 aromatic rings. The van der Waals surface area contributed by atoms with Gasteiger partial charge in [0, 0.05) is 0 Å². The first kappa shape index (κ1) is 10.4. The van der Waals surface area contributed by atoms with E-state index in [-0.39, 0.29) is 11.4 Å². The number of ether oxygens (including phenoxy) is 1. The molecule has 17 heavy (non-hydrogen) atoms. The molecule has 2 aliphatic rings. The van der Waals surface area contributed by atoms with Crippen LogP contribution in [0.3, 0.4) is 0 Å². The van der Waals surface area contributed by atoms with Gasteiger partial charge in [-0.2, -0.15) is 0 Å². The highest BCUT2D eigenvalue weighted by molar-refractivity contribution is 6.07. The fraction of sp³-hybridized carbons (Fsp3) is 0.462. The van der Waals surface area contributed by atoms with Crippen LogP contribution in [0.2, 0.25) is 0 Å². The number of fused-ring (bicyclic) bond motifs is 1. The molecule has 0 atom stereocenters. The summed E-state index contributed by atoms with van der Waals surface area (Å²) in [5.41, 5.74) is 1.34. The molecular weight excluding hydrogens is 216 g/mol. The van der Waals surface area contributed by atoms with Crippen LogP contribution < -0.4 is 15.4 Å². The monoisotopic (exact) mass is 232 g/mol. The van der Waals surface area contributed by atoms with E-state index < -0.39 is 0 Å². The molecule has 0 unspecified atom stereocenters. The van der Waals surface area contributed by atoms with Gasteiger partial charge in [-0.1, -0.05) is 18.9 Å². The number of anilines is 2. The van der Waals surface area contributed by atoms with Gasteiger partial charge in [-0.05, 0) is 25.0 Å². The first-order chi connectivity index (χ1) is 8.25. The second kappa shape index (κ2) is 3.65. The van der Waals surface area contributed by atoms with Crippen molar-refractivity contribution in [3.8, 4) is 5.75 Å². The van der Waals surface area contributed by atoms with Crippen LogP contribution in [0, 0.1) is 0 Å². The molecule has 1 amide bonds. The summed E-state index contributed by atoms with van der Waals surface area (Å²) in [6.07, 6.45) is 4.05. The van der Waals surface area contributed by atoms with Gasteiger partial charge in [-0.25, -0.2) is 0 Å². The van der Waals surface area contributed by atoms with Crippen molar-refractivity contribution in [2.24, 2.45) is 0 Å². The summed E-state index contributed by atoms with van der Waals surface area (Å²) < 4.78 is 5.26. The number of benzene rings is 1. The number of nitrogens with one attached hydrogen (secondary N) is 2. The largest absolute Gasteiger partial charge is 0.494 e. The van der Waals surface area contributed by atoms with E-state index >= 15 is 0 Å². The van der Waals surface area contributed by atoms with Crippen molar-refractivity contribution in [1.82, 2.24) is 0 Å². The first-order valence-corrected chi connectivity index (χ1v) is 6.02. The van der Waals surface area contributed by atoms with Crippen molar-refractivity contribution in [1.29, 1.82) is 0 Å². The molecule has 3 rings (SSSR count). The van der Waals surface area contributed by atoms with Crippen LogP contribution in [0.4, 0.5) is 11.4 Å². The van der Waals surface area contributed by atoms with Gasteiger partial charge in [0.2, 0.25) is 5.91 Å². The predicted molar refractivity (Wildman–Crippen MR) is 66.4 cm³/mol. The Hall–Kier alpha value is -1.71. The highest BCUT2D eigenvalue weighted by Crippen LogP contribution is 2.43. The quantitative estimate of drug-likeness (QED) is 0.781. The van der Waals surface area contributed by atoms with Crippen LogP contribution in [0.1, 0.15) is 25.7 Å². The third-order valence-electron chi connectivity index (χ3n) is 3.75. The van der Waals surface area contributed by atoms with Gasteiger partial charge in [-0.15, -0.1) is 0 Å². The molecular formula is C13H16N2O2. The Morgan fingerprint density at radius 2 is 2.06 bits per heavy atom. The number of para-hydroxylation sites is 1. The van der Waals surface area contributed by atoms with E-state index in [1.54, 1.807) is 7.11 Å². The summed E-state index contributed by atoms with van der Waals surface area (Å²) in [7, 11) is 1.61. The Bertz CT molecular complexity index is 464. The fourth-order valence-corrected chi connectivity index (χ4v) is 2.81. The van der Waals surface area contributed by atoms with Gasteiger partial charge < -0.3 is 15.4 Å². The Morgan fingerprint density at radius 3 is 2.76 bits per heavy atom. The number of amides is 1. The van der Waals surface area contributed by atoms with E-state index in [9.17, 15) is 4.79 Å². The van der Waals surface area contributed by atoms with E-state index in [1.165, 1.54) is 0 Å². The number of rotatable bonds is 1. The number of hydrogen-bond donors (Lipinski definition) is 2. The van der Waals surface area contributed by atoms with Crippen molar-refractivity contribution in [2.75, 3.05) is 17.7 Å². The molecule has 0 saturated heterocycles. The lowest BCUT2D eigenvalue weighted by Crippen LogP contribution is -2.50. The topological polar surface area (TPSA) is 50.4 Å². The van der Waals surface area contributed by atoms with Crippen LogP contribution in [0.25, 0.3) is 0 Å². The third-order valence-corrected chi connectivity index (χ3v) is 3.75. The van der Waals surface area contributed by atoms with E-state index in [4.69, 9.17) is 4.74 Å². The smallest absolute Gasteiger partial charge is 0.250 e. The van der Waals surface area contributed by atoms with Crippen molar-refractivity contribution >= 4 is 17.3 Å². The minimum absolute atomic E-state index is 0.0759. The average Bonchev–Trinajstić information content (AvgIpc) is 2.80. The molecule has 1 heterocycles. The summed E-state index contributed by atoms with van der Waals surface area (Å²) in [5.74, 6) is 0.781. The molecule has 0 bridgehead atoms. The first-order valence-electron chi connectivity index (χ1n) is 6.02. The molecule has 1 aromatic carbocycles. The van der Waals surface area contributed by atoms with Gasteiger partial charge in [-0.3, -0.25) is 4.79 Å². The van der Waals surface area contributed by atoms with Crippen molar-refractivity contribution in [2.45, 2.75) is 31.2 Å². The summed E-state index contributed by atoms with van der Waals surface area (Å²) in [6.45, 7) is 0. The Kier molecular flexibility index (Phi) is 2.24. The van der Waals surface area contributed by atoms with Crippen LogP contribution in [0.15, 0.2) is 18.2 Å². The molecule has 1 saturated carbocycles. The van der Waals surface area contributed by atoms with Gasteiger partial charge in [0.05, 0.1) is 12.8 Å². The molecule has 1 aliphatic heterocycles. The maximum atomic E-state index is 12.2. The fourth-order valence-electron chi connectivity index (χ4n) is 2.81. The maximum absolute atomic E-state index is 12.2. The average molecular weight is 232 g/mol. The predicted octanol–water partition coefficient (Wildman–Crippen LogP) is 2.37. The lowest BCUT2D eigenvalue weighted by molar-refractivity contribution is -0.120.